The Morgan fingerprint density at radius 3 is 3.00 bits per heavy atom. The average Bonchev–Trinajstić information content (AvgIpc) is 3.08. The number of aryl methyl sites for hydroxylation is 1. The quantitative estimate of drug-likeness (QED) is 0.392. The molecule has 0 amide bonds. The van der Waals surface area contributed by atoms with Crippen LogP contribution in [0.2, 0.25) is 0 Å². The van der Waals surface area contributed by atoms with Crippen LogP contribution in [0.25, 0.3) is 28.1 Å². The Kier molecular flexibility index (Phi) is 1.67. The Morgan fingerprint density at radius 2 is 2.05 bits per heavy atom. The van der Waals surface area contributed by atoms with Crippen LogP contribution < -0.4 is 4.57 Å². The van der Waals surface area contributed by atoms with E-state index in [4.69, 9.17) is 0 Å². The van der Waals surface area contributed by atoms with Gasteiger partial charge in [-0.3, -0.25) is 4.98 Å². The molecule has 4 aromatic rings. The van der Waals surface area contributed by atoms with Crippen LogP contribution in [0.15, 0.2) is 48.9 Å². The van der Waals surface area contributed by atoms with Gasteiger partial charge in [0.2, 0.25) is 5.65 Å². The van der Waals surface area contributed by atoms with Crippen LogP contribution in [0.1, 0.15) is 5.56 Å². The van der Waals surface area contributed by atoms with Gasteiger partial charge in [0, 0.05) is 18.8 Å². The molecule has 4 heterocycles. The standard InChI is InChI=1S/C16H13N4/c1-18-13-6-7-17-8-14(13)20-15(18)10-19-9-11-4-2-3-5-12(11)16(19)20/h2-8,10H,9H2,1H3/q+1. The van der Waals surface area contributed by atoms with E-state index < -0.39 is 0 Å². The fourth-order valence-corrected chi connectivity index (χ4v) is 3.38. The molecule has 3 aromatic heterocycles. The molecule has 0 spiro atoms. The van der Waals surface area contributed by atoms with Gasteiger partial charge in [-0.15, -0.1) is 0 Å². The van der Waals surface area contributed by atoms with Crippen LogP contribution in [-0.4, -0.2) is 14.0 Å². The monoisotopic (exact) mass is 261 g/mol. The summed E-state index contributed by atoms with van der Waals surface area (Å²) >= 11 is 0. The van der Waals surface area contributed by atoms with E-state index in [1.54, 1.807) is 0 Å². The minimum atomic E-state index is 0.953. The molecule has 0 radical (unpaired) electrons. The van der Waals surface area contributed by atoms with Crippen LogP contribution >= 0.6 is 0 Å². The van der Waals surface area contributed by atoms with Gasteiger partial charge in [-0.1, -0.05) is 18.2 Å². The van der Waals surface area contributed by atoms with Gasteiger partial charge >= 0.3 is 0 Å². The lowest BCUT2D eigenvalue weighted by atomic mass is 10.1. The van der Waals surface area contributed by atoms with Gasteiger partial charge in [-0.25, -0.2) is 4.57 Å². The van der Waals surface area contributed by atoms with E-state index in [0.29, 0.717) is 0 Å². The summed E-state index contributed by atoms with van der Waals surface area (Å²) in [5.74, 6) is 1.26. The smallest absolute Gasteiger partial charge is 0.296 e. The van der Waals surface area contributed by atoms with Crippen LogP contribution in [0.4, 0.5) is 0 Å². The normalized spacial score (nSPS) is 13.1. The van der Waals surface area contributed by atoms with Crippen molar-refractivity contribution in [2.24, 2.45) is 7.05 Å². The largest absolute Gasteiger partial charge is 0.305 e. The first kappa shape index (κ1) is 10.2. The minimum absolute atomic E-state index is 0.953. The summed E-state index contributed by atoms with van der Waals surface area (Å²) in [6.45, 7) is 0.953. The molecular weight excluding hydrogens is 248 g/mol. The van der Waals surface area contributed by atoms with Crippen molar-refractivity contribution in [2.75, 3.05) is 0 Å². The number of imidazole rings is 2. The van der Waals surface area contributed by atoms with Gasteiger partial charge in [0.1, 0.15) is 6.54 Å². The Bertz CT molecular complexity index is 990. The van der Waals surface area contributed by atoms with Gasteiger partial charge < -0.3 is 4.57 Å². The van der Waals surface area contributed by atoms with E-state index in [9.17, 15) is 0 Å². The van der Waals surface area contributed by atoms with Crippen LogP contribution in [-0.2, 0) is 13.6 Å². The highest BCUT2D eigenvalue weighted by Gasteiger charge is 2.32. The van der Waals surface area contributed by atoms with Crippen molar-refractivity contribution in [3.05, 3.63) is 54.5 Å². The van der Waals surface area contributed by atoms with Gasteiger partial charge in [-0.2, -0.15) is 4.40 Å². The Balaban J connectivity index is 2.03. The second kappa shape index (κ2) is 3.28. The third-order valence-corrected chi connectivity index (χ3v) is 4.31. The molecule has 0 fully saturated rings. The third kappa shape index (κ3) is 1.04. The molecule has 0 saturated heterocycles. The van der Waals surface area contributed by atoms with Crippen molar-refractivity contribution >= 4 is 16.7 Å². The predicted octanol–water partition coefficient (Wildman–Crippen LogP) is 2.14. The molecule has 96 valence electrons. The van der Waals surface area contributed by atoms with Gasteiger partial charge in [0.05, 0.1) is 17.3 Å². The number of nitrogens with zero attached hydrogens (tertiary/aromatic N) is 4. The maximum absolute atomic E-state index is 4.29. The van der Waals surface area contributed by atoms with Crippen LogP contribution in [0.5, 0.6) is 0 Å². The van der Waals surface area contributed by atoms with Crippen molar-refractivity contribution in [3.8, 4) is 11.4 Å². The molecule has 0 saturated carbocycles. The lowest BCUT2D eigenvalue weighted by Gasteiger charge is -1.92. The number of pyridine rings is 1. The van der Waals surface area contributed by atoms with Gasteiger partial charge in [-0.05, 0) is 12.1 Å². The molecular formula is C16H13N4+. The zero-order chi connectivity index (χ0) is 13.3. The highest BCUT2D eigenvalue weighted by molar-refractivity contribution is 5.83. The third-order valence-electron chi connectivity index (χ3n) is 4.31. The van der Waals surface area contributed by atoms with E-state index in [2.05, 4.69) is 62.1 Å². The molecule has 0 atom stereocenters. The fraction of sp³-hybridized carbons (Fsp3) is 0.125. The number of aromatic nitrogens is 4. The highest BCUT2D eigenvalue weighted by atomic mass is 15.2. The lowest BCUT2D eigenvalue weighted by molar-refractivity contribution is -0.670. The van der Waals surface area contributed by atoms with Crippen LogP contribution in [0, 0.1) is 0 Å². The molecule has 4 heteroatoms. The second-order valence-corrected chi connectivity index (χ2v) is 5.35. The summed E-state index contributed by atoms with van der Waals surface area (Å²) in [4.78, 5) is 4.29. The highest BCUT2D eigenvalue weighted by Crippen LogP contribution is 2.31. The molecule has 0 aliphatic carbocycles. The lowest BCUT2D eigenvalue weighted by Crippen LogP contribution is -2.29. The Morgan fingerprint density at radius 1 is 1.15 bits per heavy atom. The predicted molar refractivity (Wildman–Crippen MR) is 76.4 cm³/mol. The van der Waals surface area contributed by atoms with Gasteiger partial charge in [0.15, 0.2) is 11.7 Å². The minimum Gasteiger partial charge on any atom is -0.305 e. The molecule has 0 bridgehead atoms. The first-order valence-electron chi connectivity index (χ1n) is 6.76. The second-order valence-electron chi connectivity index (χ2n) is 5.35. The van der Waals surface area contributed by atoms with Crippen molar-refractivity contribution < 1.29 is 4.57 Å². The summed E-state index contributed by atoms with van der Waals surface area (Å²) < 4.78 is 6.87. The van der Waals surface area contributed by atoms with E-state index >= 15 is 0 Å². The zero-order valence-corrected chi connectivity index (χ0v) is 11.1. The van der Waals surface area contributed by atoms with E-state index in [0.717, 1.165) is 12.1 Å². The molecule has 1 aromatic carbocycles. The average molecular weight is 261 g/mol. The van der Waals surface area contributed by atoms with Crippen molar-refractivity contribution in [2.45, 2.75) is 6.54 Å². The summed E-state index contributed by atoms with van der Waals surface area (Å²) in [5.41, 5.74) is 6.29. The van der Waals surface area contributed by atoms with Crippen LogP contribution in [0.3, 0.4) is 0 Å². The summed E-state index contributed by atoms with van der Waals surface area (Å²) in [7, 11) is 2.11. The summed E-state index contributed by atoms with van der Waals surface area (Å²) in [6, 6.07) is 10.7. The first-order valence-corrected chi connectivity index (χ1v) is 6.76. The van der Waals surface area contributed by atoms with Crippen molar-refractivity contribution in [1.82, 2.24) is 14.0 Å². The zero-order valence-electron chi connectivity index (χ0n) is 11.1. The number of benzene rings is 1. The Hall–Kier alpha value is -2.62. The number of fused-ring (bicyclic) bond motifs is 7. The molecule has 20 heavy (non-hydrogen) atoms. The maximum Gasteiger partial charge on any atom is 0.296 e. The van der Waals surface area contributed by atoms with E-state index in [1.807, 2.05) is 12.4 Å². The number of hydrogen-bond acceptors (Lipinski definition) is 1. The molecule has 1 aliphatic heterocycles. The SMILES string of the molecule is Cn1c2ccncc2n2c3[n+](cc12)Cc1ccccc1-3. The molecule has 5 rings (SSSR count). The maximum atomic E-state index is 4.29. The number of hydrogen-bond donors (Lipinski definition) is 0. The fourth-order valence-electron chi connectivity index (χ4n) is 3.38. The van der Waals surface area contributed by atoms with Gasteiger partial charge in [0.25, 0.3) is 5.82 Å². The summed E-state index contributed by atoms with van der Waals surface area (Å²) in [5, 5.41) is 0. The topological polar surface area (TPSA) is 26.1 Å². The molecule has 1 aliphatic rings. The molecule has 0 unspecified atom stereocenters. The number of rotatable bonds is 0. The van der Waals surface area contributed by atoms with E-state index in [-0.39, 0.29) is 0 Å². The summed E-state index contributed by atoms with van der Waals surface area (Å²) in [6.07, 6.45) is 6.03. The van der Waals surface area contributed by atoms with Crippen molar-refractivity contribution in [1.29, 1.82) is 0 Å². The first-order chi connectivity index (χ1) is 9.84. The Labute approximate surface area is 115 Å². The molecule has 4 nitrogen and oxygen atoms in total. The van der Waals surface area contributed by atoms with E-state index in [1.165, 1.54) is 28.1 Å². The van der Waals surface area contributed by atoms with Crippen molar-refractivity contribution in [3.63, 3.8) is 0 Å². The molecule has 0 N–H and O–H groups in total.